The fraction of sp³-hybridized carbons (Fsp3) is 0.320. The largest absolute Gasteiger partial charge is 0.454 e. The van der Waals surface area contributed by atoms with Crippen LogP contribution >= 0.6 is 11.3 Å². The van der Waals surface area contributed by atoms with Crippen LogP contribution in [0, 0.1) is 0 Å². The van der Waals surface area contributed by atoms with E-state index in [1.807, 2.05) is 16.8 Å². The smallest absolute Gasteiger partial charge is 0.231 e. The van der Waals surface area contributed by atoms with Crippen molar-refractivity contribution in [3.8, 4) is 11.5 Å². The number of tetrazole rings is 1. The first-order chi connectivity index (χ1) is 16.8. The summed E-state index contributed by atoms with van der Waals surface area (Å²) in [6, 6.07) is 20.9. The van der Waals surface area contributed by atoms with Gasteiger partial charge in [0, 0.05) is 37.6 Å². The Morgan fingerprint density at radius 1 is 0.853 bits per heavy atom. The minimum atomic E-state index is 0.0476. The van der Waals surface area contributed by atoms with Crippen molar-refractivity contribution < 1.29 is 9.47 Å². The van der Waals surface area contributed by atoms with E-state index >= 15 is 0 Å². The monoisotopic (exact) mass is 474 g/mol. The van der Waals surface area contributed by atoms with Crippen molar-refractivity contribution in [3.63, 3.8) is 0 Å². The molecule has 34 heavy (non-hydrogen) atoms. The second-order valence-corrected chi connectivity index (χ2v) is 9.58. The number of rotatable bonds is 7. The van der Waals surface area contributed by atoms with Crippen molar-refractivity contribution >= 4 is 11.3 Å². The van der Waals surface area contributed by atoms with Crippen molar-refractivity contribution in [2.45, 2.75) is 19.1 Å². The molecule has 1 unspecified atom stereocenters. The number of piperazine rings is 1. The first-order valence-corrected chi connectivity index (χ1v) is 12.4. The summed E-state index contributed by atoms with van der Waals surface area (Å²) in [5.74, 6) is 2.58. The van der Waals surface area contributed by atoms with Gasteiger partial charge < -0.3 is 9.47 Å². The molecular formula is C25H26N6O2S. The van der Waals surface area contributed by atoms with Gasteiger partial charge in [0.1, 0.15) is 6.04 Å². The normalized spacial score (nSPS) is 17.2. The molecule has 174 valence electrons. The molecule has 2 aliphatic rings. The van der Waals surface area contributed by atoms with Gasteiger partial charge in [-0.05, 0) is 45.1 Å². The van der Waals surface area contributed by atoms with Crippen molar-refractivity contribution in [1.29, 1.82) is 0 Å². The van der Waals surface area contributed by atoms with Gasteiger partial charge in [0.25, 0.3) is 0 Å². The molecule has 8 nitrogen and oxygen atoms in total. The molecule has 0 amide bonds. The fourth-order valence-electron chi connectivity index (χ4n) is 4.67. The van der Waals surface area contributed by atoms with Crippen LogP contribution < -0.4 is 9.47 Å². The third-order valence-corrected chi connectivity index (χ3v) is 7.33. The number of hydrogen-bond donors (Lipinski definition) is 0. The molecule has 4 heterocycles. The molecule has 1 atom stereocenters. The van der Waals surface area contributed by atoms with Gasteiger partial charge in [-0.15, -0.1) is 16.4 Å². The van der Waals surface area contributed by atoms with Gasteiger partial charge in [0.2, 0.25) is 6.79 Å². The van der Waals surface area contributed by atoms with Crippen molar-refractivity contribution in [2.24, 2.45) is 0 Å². The Labute approximate surface area is 202 Å². The Morgan fingerprint density at radius 3 is 2.53 bits per heavy atom. The average molecular weight is 475 g/mol. The predicted molar refractivity (Wildman–Crippen MR) is 129 cm³/mol. The zero-order chi connectivity index (χ0) is 22.7. The number of ether oxygens (including phenoxy) is 2. The molecule has 0 N–H and O–H groups in total. The summed E-state index contributed by atoms with van der Waals surface area (Å²) in [5, 5.41) is 15.0. The SMILES string of the molecule is c1ccc(Cn2nnnc2C(c2cccs2)N2CCN(Cc3ccc4c(c3)OCO4)CC2)cc1. The molecule has 6 rings (SSSR count). The summed E-state index contributed by atoms with van der Waals surface area (Å²) in [6.07, 6.45) is 0. The van der Waals surface area contributed by atoms with Crippen LogP contribution in [0.3, 0.4) is 0 Å². The summed E-state index contributed by atoms with van der Waals surface area (Å²) in [6.45, 7) is 5.74. The third kappa shape index (κ3) is 4.42. The van der Waals surface area contributed by atoms with Crippen LogP contribution in [0.4, 0.5) is 0 Å². The second-order valence-electron chi connectivity index (χ2n) is 8.60. The van der Waals surface area contributed by atoms with Gasteiger partial charge in [0.05, 0.1) is 6.54 Å². The highest BCUT2D eigenvalue weighted by Gasteiger charge is 2.31. The van der Waals surface area contributed by atoms with E-state index in [1.54, 1.807) is 11.3 Å². The minimum Gasteiger partial charge on any atom is -0.454 e. The Kier molecular flexibility index (Phi) is 5.97. The van der Waals surface area contributed by atoms with E-state index in [1.165, 1.54) is 16.0 Å². The first kappa shape index (κ1) is 21.3. The van der Waals surface area contributed by atoms with Crippen molar-refractivity contribution in [1.82, 2.24) is 30.0 Å². The van der Waals surface area contributed by atoms with Crippen LogP contribution in [0.1, 0.15) is 27.9 Å². The number of hydrogen-bond acceptors (Lipinski definition) is 8. The van der Waals surface area contributed by atoms with Gasteiger partial charge in [-0.1, -0.05) is 42.5 Å². The van der Waals surface area contributed by atoms with Crippen LogP contribution in [-0.2, 0) is 13.1 Å². The number of nitrogens with zero attached hydrogens (tertiary/aromatic N) is 6. The molecule has 0 bridgehead atoms. The minimum absolute atomic E-state index is 0.0476. The second kappa shape index (κ2) is 9.54. The van der Waals surface area contributed by atoms with E-state index < -0.39 is 0 Å². The predicted octanol–water partition coefficient (Wildman–Crippen LogP) is 3.42. The molecular weight excluding hydrogens is 448 g/mol. The summed E-state index contributed by atoms with van der Waals surface area (Å²) >= 11 is 1.76. The average Bonchev–Trinajstić information content (AvgIpc) is 3.64. The summed E-state index contributed by atoms with van der Waals surface area (Å²) in [4.78, 5) is 6.27. The topological polar surface area (TPSA) is 68.5 Å². The summed E-state index contributed by atoms with van der Waals surface area (Å²) < 4.78 is 12.9. The molecule has 4 aromatic rings. The highest BCUT2D eigenvalue weighted by Crippen LogP contribution is 2.34. The molecule has 1 saturated heterocycles. The Morgan fingerprint density at radius 2 is 1.71 bits per heavy atom. The maximum Gasteiger partial charge on any atom is 0.231 e. The molecule has 0 saturated carbocycles. The summed E-state index contributed by atoms with van der Waals surface area (Å²) in [7, 11) is 0. The van der Waals surface area contributed by atoms with Crippen LogP contribution in [0.2, 0.25) is 0 Å². The molecule has 1 fully saturated rings. The lowest BCUT2D eigenvalue weighted by atomic mass is 10.1. The number of aromatic nitrogens is 4. The number of thiophene rings is 1. The maximum absolute atomic E-state index is 5.54. The van der Waals surface area contributed by atoms with Gasteiger partial charge in [-0.2, -0.15) is 0 Å². The molecule has 0 aliphatic carbocycles. The van der Waals surface area contributed by atoms with Gasteiger partial charge in [0.15, 0.2) is 17.3 Å². The van der Waals surface area contributed by atoms with Gasteiger partial charge >= 0.3 is 0 Å². The Hall–Kier alpha value is -3.27. The van der Waals surface area contributed by atoms with Crippen molar-refractivity contribution in [3.05, 3.63) is 87.9 Å². The van der Waals surface area contributed by atoms with Crippen LogP contribution in [-0.4, -0.2) is 63.0 Å². The fourth-order valence-corrected chi connectivity index (χ4v) is 5.53. The maximum atomic E-state index is 5.54. The lowest BCUT2D eigenvalue weighted by Crippen LogP contribution is -2.47. The van der Waals surface area contributed by atoms with Crippen LogP contribution in [0.5, 0.6) is 11.5 Å². The molecule has 0 radical (unpaired) electrons. The zero-order valence-corrected chi connectivity index (χ0v) is 19.6. The number of fused-ring (bicyclic) bond motifs is 1. The quantitative estimate of drug-likeness (QED) is 0.407. The van der Waals surface area contributed by atoms with Crippen LogP contribution in [0.25, 0.3) is 0 Å². The molecule has 9 heteroatoms. The highest BCUT2D eigenvalue weighted by atomic mass is 32.1. The van der Waals surface area contributed by atoms with E-state index in [9.17, 15) is 0 Å². The van der Waals surface area contributed by atoms with E-state index in [0.29, 0.717) is 13.3 Å². The molecule has 0 spiro atoms. The lowest BCUT2D eigenvalue weighted by Gasteiger charge is -2.38. The standard InChI is InChI=1S/C25H26N6O2S/c1-2-5-19(6-3-1)17-31-25(26-27-28-31)24(23-7-4-14-34-23)30-12-10-29(11-13-30)16-20-8-9-21-22(15-20)33-18-32-21/h1-9,14-15,24H,10-13,16-18H2. The molecule has 2 aliphatic heterocycles. The third-order valence-electron chi connectivity index (χ3n) is 6.41. The first-order valence-electron chi connectivity index (χ1n) is 11.5. The van der Waals surface area contributed by atoms with Gasteiger partial charge in [-0.3, -0.25) is 9.80 Å². The Bertz CT molecular complexity index is 1220. The van der Waals surface area contributed by atoms with E-state index in [4.69, 9.17) is 9.47 Å². The highest BCUT2D eigenvalue weighted by molar-refractivity contribution is 7.10. The zero-order valence-electron chi connectivity index (χ0n) is 18.8. The molecule has 2 aromatic carbocycles. The van der Waals surface area contributed by atoms with E-state index in [0.717, 1.165) is 50.0 Å². The van der Waals surface area contributed by atoms with E-state index in [-0.39, 0.29) is 6.04 Å². The van der Waals surface area contributed by atoms with Crippen LogP contribution in [0.15, 0.2) is 66.0 Å². The number of benzene rings is 2. The van der Waals surface area contributed by atoms with E-state index in [2.05, 4.69) is 79.2 Å². The van der Waals surface area contributed by atoms with Crippen molar-refractivity contribution in [2.75, 3.05) is 33.0 Å². The molecule has 2 aromatic heterocycles. The Balaban J connectivity index is 1.17. The lowest BCUT2D eigenvalue weighted by molar-refractivity contribution is 0.101. The van der Waals surface area contributed by atoms with Gasteiger partial charge in [-0.25, -0.2) is 4.68 Å². The summed E-state index contributed by atoms with van der Waals surface area (Å²) in [5.41, 5.74) is 2.44.